The van der Waals surface area contributed by atoms with Gasteiger partial charge in [0, 0.05) is 19.0 Å². The van der Waals surface area contributed by atoms with Gasteiger partial charge in [-0.3, -0.25) is 4.79 Å². The Morgan fingerprint density at radius 2 is 2.10 bits per heavy atom. The molecule has 0 bridgehead atoms. The second-order valence-corrected chi connectivity index (χ2v) is 5.32. The van der Waals surface area contributed by atoms with E-state index >= 15 is 0 Å². The van der Waals surface area contributed by atoms with E-state index in [0.29, 0.717) is 6.54 Å². The first-order valence-electron chi connectivity index (χ1n) is 7.05. The number of carbonyl (C=O) groups excluding carboxylic acids is 1. The quantitative estimate of drug-likeness (QED) is 0.930. The third-order valence-corrected chi connectivity index (χ3v) is 4.04. The summed E-state index contributed by atoms with van der Waals surface area (Å²) in [6, 6.07) is 8.49. The molecule has 0 radical (unpaired) electrons. The summed E-state index contributed by atoms with van der Waals surface area (Å²) in [5.41, 5.74) is 3.88. The monoisotopic (exact) mass is 269 g/mol. The van der Waals surface area contributed by atoms with Crippen LogP contribution in [0.2, 0.25) is 0 Å². The number of amides is 1. The molecule has 0 unspecified atom stereocenters. The summed E-state index contributed by atoms with van der Waals surface area (Å²) in [4.78, 5) is 11.1. The first-order chi connectivity index (χ1) is 9.70. The Hall–Kier alpha value is -2.03. The van der Waals surface area contributed by atoms with Gasteiger partial charge in [-0.15, -0.1) is 0 Å². The predicted molar refractivity (Wildman–Crippen MR) is 80.0 cm³/mol. The van der Waals surface area contributed by atoms with Crippen LogP contribution in [0, 0.1) is 0 Å². The van der Waals surface area contributed by atoms with Gasteiger partial charge in [0.1, 0.15) is 5.75 Å². The van der Waals surface area contributed by atoms with Crippen molar-refractivity contribution in [2.24, 2.45) is 0 Å². The Morgan fingerprint density at radius 3 is 2.85 bits per heavy atom. The lowest BCUT2D eigenvalue weighted by Gasteiger charge is -2.21. The van der Waals surface area contributed by atoms with Gasteiger partial charge < -0.3 is 10.1 Å². The topological polar surface area (TPSA) is 38.3 Å². The number of hydrogen-bond acceptors (Lipinski definition) is 2. The minimum absolute atomic E-state index is 0.00283. The first kappa shape index (κ1) is 13.0. The predicted octanol–water partition coefficient (Wildman–Crippen LogP) is 2.97. The van der Waals surface area contributed by atoms with Gasteiger partial charge >= 0.3 is 0 Å². The zero-order valence-electron chi connectivity index (χ0n) is 12.0. The zero-order chi connectivity index (χ0) is 14.1. The van der Waals surface area contributed by atoms with E-state index in [1.807, 2.05) is 6.07 Å². The molecule has 0 aromatic heterocycles. The van der Waals surface area contributed by atoms with E-state index in [2.05, 4.69) is 23.5 Å². The number of nitrogens with one attached hydrogen (secondary N) is 1. The maximum absolute atomic E-state index is 11.1. The van der Waals surface area contributed by atoms with Crippen LogP contribution in [-0.2, 0) is 24.2 Å². The molecule has 0 atom stereocenters. The van der Waals surface area contributed by atoms with E-state index in [-0.39, 0.29) is 5.91 Å². The van der Waals surface area contributed by atoms with E-state index < -0.39 is 0 Å². The van der Waals surface area contributed by atoms with Crippen LogP contribution in [0.3, 0.4) is 0 Å². The molecule has 1 amide bonds. The molecule has 1 N–H and O–H groups in total. The van der Waals surface area contributed by atoms with Crippen LogP contribution in [0.1, 0.15) is 30.0 Å². The Morgan fingerprint density at radius 1 is 1.25 bits per heavy atom. The molecule has 3 heteroatoms. The first-order valence-corrected chi connectivity index (χ1v) is 7.05. The fourth-order valence-electron chi connectivity index (χ4n) is 3.11. The molecule has 3 rings (SSSR count). The van der Waals surface area contributed by atoms with Gasteiger partial charge in [-0.1, -0.05) is 18.2 Å². The number of methoxy groups -OCH3 is 1. The number of carbonyl (C=O) groups is 1. The molecule has 1 aliphatic rings. The molecular formula is C17H19NO2. The molecule has 0 spiro atoms. The second-order valence-electron chi connectivity index (χ2n) is 5.32. The summed E-state index contributed by atoms with van der Waals surface area (Å²) in [6.07, 6.45) is 3.36. The maximum atomic E-state index is 11.1. The normalized spacial score (nSPS) is 13.3. The second kappa shape index (κ2) is 5.16. The van der Waals surface area contributed by atoms with Crippen LogP contribution in [0.25, 0.3) is 10.8 Å². The summed E-state index contributed by atoms with van der Waals surface area (Å²) in [5.74, 6) is 0.984. The van der Waals surface area contributed by atoms with Crippen molar-refractivity contribution in [1.82, 2.24) is 5.32 Å². The van der Waals surface area contributed by atoms with Crippen LogP contribution >= 0.6 is 0 Å². The molecule has 2 aromatic rings. The Bertz CT molecular complexity index is 676. The third kappa shape index (κ3) is 2.13. The largest absolute Gasteiger partial charge is 0.496 e. The third-order valence-electron chi connectivity index (χ3n) is 4.04. The van der Waals surface area contributed by atoms with Crippen LogP contribution in [0.5, 0.6) is 5.75 Å². The molecule has 0 saturated carbocycles. The molecule has 0 fully saturated rings. The smallest absolute Gasteiger partial charge is 0.217 e. The number of hydrogen-bond donors (Lipinski definition) is 1. The van der Waals surface area contributed by atoms with Crippen molar-refractivity contribution in [2.45, 2.75) is 32.7 Å². The van der Waals surface area contributed by atoms with E-state index in [0.717, 1.165) is 18.6 Å². The molecule has 104 valence electrons. The van der Waals surface area contributed by atoms with Crippen molar-refractivity contribution in [1.29, 1.82) is 0 Å². The summed E-state index contributed by atoms with van der Waals surface area (Å²) in [7, 11) is 1.73. The lowest BCUT2D eigenvalue weighted by atomic mass is 9.86. The average Bonchev–Trinajstić information content (AvgIpc) is 2.47. The van der Waals surface area contributed by atoms with E-state index in [4.69, 9.17) is 4.74 Å². The van der Waals surface area contributed by atoms with Gasteiger partial charge in [0.25, 0.3) is 0 Å². The van der Waals surface area contributed by atoms with Crippen LogP contribution < -0.4 is 10.1 Å². The highest BCUT2D eigenvalue weighted by atomic mass is 16.5. The van der Waals surface area contributed by atoms with E-state index in [9.17, 15) is 4.79 Å². The number of aryl methyl sites for hydroxylation is 2. The summed E-state index contributed by atoms with van der Waals surface area (Å²) >= 11 is 0. The average molecular weight is 269 g/mol. The molecule has 20 heavy (non-hydrogen) atoms. The van der Waals surface area contributed by atoms with Crippen molar-refractivity contribution >= 4 is 16.7 Å². The molecule has 0 heterocycles. The van der Waals surface area contributed by atoms with Gasteiger partial charge in [-0.2, -0.15) is 0 Å². The molecule has 2 aromatic carbocycles. The lowest BCUT2D eigenvalue weighted by molar-refractivity contribution is -0.119. The minimum atomic E-state index is 0.00283. The van der Waals surface area contributed by atoms with Gasteiger partial charge in [0.2, 0.25) is 5.91 Å². The maximum Gasteiger partial charge on any atom is 0.217 e. The summed E-state index contributed by atoms with van der Waals surface area (Å²) in [5, 5.41) is 5.46. The fourth-order valence-corrected chi connectivity index (χ4v) is 3.11. The summed E-state index contributed by atoms with van der Waals surface area (Å²) < 4.78 is 5.50. The van der Waals surface area contributed by atoms with Gasteiger partial charge in [0.15, 0.2) is 0 Å². The fraction of sp³-hybridized carbons (Fsp3) is 0.353. The standard InChI is InChI=1S/C17H19NO2/c1-11(19)18-10-13-7-6-12-4-3-5-15-16(20-2)9-8-14(13)17(12)15/h6-9H,3-5,10H2,1-2H3,(H,18,19). The molecule has 0 saturated heterocycles. The molecule has 1 aliphatic carbocycles. The van der Waals surface area contributed by atoms with Gasteiger partial charge in [0.05, 0.1) is 7.11 Å². The number of rotatable bonds is 3. The zero-order valence-corrected chi connectivity index (χ0v) is 12.0. The van der Waals surface area contributed by atoms with Crippen LogP contribution in [0.4, 0.5) is 0 Å². The highest BCUT2D eigenvalue weighted by Crippen LogP contribution is 2.37. The Kier molecular flexibility index (Phi) is 3.35. The number of benzene rings is 2. The molecule has 3 nitrogen and oxygen atoms in total. The van der Waals surface area contributed by atoms with Crippen molar-refractivity contribution < 1.29 is 9.53 Å². The Labute approximate surface area is 118 Å². The van der Waals surface area contributed by atoms with Crippen molar-refractivity contribution in [2.75, 3.05) is 7.11 Å². The van der Waals surface area contributed by atoms with Crippen LogP contribution in [0.15, 0.2) is 24.3 Å². The highest BCUT2D eigenvalue weighted by Gasteiger charge is 2.18. The minimum Gasteiger partial charge on any atom is -0.496 e. The highest BCUT2D eigenvalue weighted by molar-refractivity contribution is 5.94. The van der Waals surface area contributed by atoms with E-state index in [1.165, 1.54) is 33.9 Å². The molecule has 0 aliphatic heterocycles. The van der Waals surface area contributed by atoms with E-state index in [1.54, 1.807) is 14.0 Å². The van der Waals surface area contributed by atoms with Gasteiger partial charge in [-0.25, -0.2) is 0 Å². The van der Waals surface area contributed by atoms with Crippen molar-refractivity contribution in [3.63, 3.8) is 0 Å². The molecular weight excluding hydrogens is 250 g/mol. The van der Waals surface area contributed by atoms with Crippen molar-refractivity contribution in [3.8, 4) is 5.75 Å². The summed E-state index contributed by atoms with van der Waals surface area (Å²) in [6.45, 7) is 2.13. The SMILES string of the molecule is COc1ccc2c(CNC(C)=O)ccc3c2c1CCC3. The Balaban J connectivity index is 2.17. The number of ether oxygens (including phenoxy) is 1. The van der Waals surface area contributed by atoms with Crippen molar-refractivity contribution in [3.05, 3.63) is 41.0 Å². The van der Waals surface area contributed by atoms with Crippen LogP contribution in [-0.4, -0.2) is 13.0 Å². The lowest BCUT2D eigenvalue weighted by Crippen LogP contribution is -2.19. The van der Waals surface area contributed by atoms with Gasteiger partial charge in [-0.05, 0) is 47.2 Å².